The van der Waals surface area contributed by atoms with E-state index in [9.17, 15) is 28.3 Å². The Hall–Kier alpha value is -4.58. The van der Waals surface area contributed by atoms with Gasteiger partial charge in [-0.3, -0.25) is 0 Å². The molecule has 1 fully saturated rings. The predicted octanol–water partition coefficient (Wildman–Crippen LogP) is 3.15. The van der Waals surface area contributed by atoms with Crippen molar-refractivity contribution in [2.45, 2.75) is 33.1 Å². The van der Waals surface area contributed by atoms with Gasteiger partial charge in [-0.25, -0.2) is 19.1 Å². The number of halogens is 3. The number of aliphatic hydroxyl groups is 1. The van der Waals surface area contributed by atoms with Crippen molar-refractivity contribution in [3.8, 4) is 22.9 Å². The van der Waals surface area contributed by atoms with E-state index in [0.29, 0.717) is 55.5 Å². The van der Waals surface area contributed by atoms with Gasteiger partial charge in [0.1, 0.15) is 24.2 Å². The number of aliphatic hydroxyl groups excluding tert-OH is 1. The summed E-state index contributed by atoms with van der Waals surface area (Å²) >= 11 is 0. The van der Waals surface area contributed by atoms with Crippen molar-refractivity contribution in [1.29, 1.82) is 5.26 Å². The van der Waals surface area contributed by atoms with Crippen molar-refractivity contribution in [3.05, 3.63) is 42.4 Å². The minimum Gasteiger partial charge on any atom is -0.489 e. The normalized spacial score (nSPS) is 14.2. The van der Waals surface area contributed by atoms with Crippen LogP contribution in [0.1, 0.15) is 26.3 Å². The zero-order valence-corrected chi connectivity index (χ0v) is 23.3. The van der Waals surface area contributed by atoms with Crippen molar-refractivity contribution in [2.75, 3.05) is 44.2 Å². The number of piperazine rings is 1. The first-order valence-corrected chi connectivity index (χ1v) is 13.1. The Morgan fingerprint density at radius 1 is 1.17 bits per heavy atom. The number of rotatable bonds is 7. The molecule has 0 saturated carbocycles. The van der Waals surface area contributed by atoms with E-state index in [0.717, 1.165) is 16.9 Å². The molecule has 0 aromatic carbocycles. The molecule has 4 rings (SSSR count). The molecule has 3 aromatic heterocycles. The molecule has 1 atom stereocenters. The number of pyridine rings is 2. The Morgan fingerprint density at radius 2 is 1.83 bits per heavy atom. The molecule has 15 heteroatoms. The fourth-order valence-electron chi connectivity index (χ4n) is 3.97. The van der Waals surface area contributed by atoms with Gasteiger partial charge in [0, 0.05) is 50.0 Å². The largest absolute Gasteiger partial charge is 0.490 e. The summed E-state index contributed by atoms with van der Waals surface area (Å²) in [6.45, 7) is 9.31. The van der Waals surface area contributed by atoms with Gasteiger partial charge in [0.25, 0.3) is 0 Å². The lowest BCUT2D eigenvalue weighted by Crippen LogP contribution is -2.52. The van der Waals surface area contributed by atoms with Crippen LogP contribution in [0.5, 0.6) is 5.75 Å². The Kier molecular flexibility index (Phi) is 10.5. The van der Waals surface area contributed by atoms with E-state index >= 15 is 0 Å². The number of alkyl halides is 3. The topological polar surface area (TPSA) is 156 Å². The van der Waals surface area contributed by atoms with Gasteiger partial charge in [-0.2, -0.15) is 23.5 Å². The molecule has 2 amide bonds. The van der Waals surface area contributed by atoms with Crippen molar-refractivity contribution < 1.29 is 37.7 Å². The summed E-state index contributed by atoms with van der Waals surface area (Å²) < 4.78 is 39.0. The molecular weight excluding hydrogens is 559 g/mol. The Bertz CT molecular complexity index is 1410. The number of hydrogen-bond donors (Lipinski definition) is 3. The number of fused-ring (bicyclic) bond motifs is 1. The minimum absolute atomic E-state index is 0.0162. The van der Waals surface area contributed by atoms with Crippen molar-refractivity contribution >= 4 is 23.3 Å². The summed E-state index contributed by atoms with van der Waals surface area (Å²) in [5.74, 6) is -0.964. The first-order valence-electron chi connectivity index (χ1n) is 13.1. The number of ether oxygens (including phenoxy) is 1. The van der Waals surface area contributed by atoms with E-state index in [1.807, 2.05) is 23.1 Å². The Morgan fingerprint density at radius 3 is 2.36 bits per heavy atom. The summed E-state index contributed by atoms with van der Waals surface area (Å²) in [5.41, 5.74) is 2.73. The highest BCUT2D eigenvalue weighted by molar-refractivity contribution is 5.85. The number of hydrogen-bond acceptors (Lipinski definition) is 8. The van der Waals surface area contributed by atoms with E-state index in [-0.39, 0.29) is 12.6 Å². The third-order valence-corrected chi connectivity index (χ3v) is 6.05. The van der Waals surface area contributed by atoms with Gasteiger partial charge >= 0.3 is 18.2 Å². The molecule has 3 N–H and O–H groups in total. The number of carbonyl (C=O) groups is 2. The molecule has 0 radical (unpaired) electrons. The molecule has 0 spiro atoms. The van der Waals surface area contributed by atoms with Crippen LogP contribution < -0.4 is 15.0 Å². The summed E-state index contributed by atoms with van der Waals surface area (Å²) in [5, 5.41) is 33.5. The quantitative estimate of drug-likeness (QED) is 0.376. The molecular formula is C27H32F3N7O5. The van der Waals surface area contributed by atoms with Crippen LogP contribution in [0.4, 0.5) is 23.8 Å². The molecule has 0 bridgehead atoms. The maximum Gasteiger partial charge on any atom is 0.490 e. The van der Waals surface area contributed by atoms with Crippen LogP contribution in [0, 0.1) is 17.2 Å². The number of nitrogens with one attached hydrogen (secondary N) is 1. The zero-order chi connectivity index (χ0) is 31.0. The summed E-state index contributed by atoms with van der Waals surface area (Å²) in [4.78, 5) is 29.9. The average molecular weight is 592 g/mol. The van der Waals surface area contributed by atoms with E-state index < -0.39 is 18.2 Å². The van der Waals surface area contributed by atoms with Crippen LogP contribution in [-0.4, -0.2) is 93.3 Å². The summed E-state index contributed by atoms with van der Waals surface area (Å²) in [7, 11) is 0. The third-order valence-electron chi connectivity index (χ3n) is 6.05. The zero-order valence-electron chi connectivity index (χ0n) is 23.3. The Balaban J connectivity index is 0.000000616. The first kappa shape index (κ1) is 31.9. The van der Waals surface area contributed by atoms with Crippen LogP contribution >= 0.6 is 0 Å². The van der Waals surface area contributed by atoms with Crippen LogP contribution in [-0.2, 0) is 4.79 Å². The number of anilines is 1. The van der Waals surface area contributed by atoms with Gasteiger partial charge in [0.05, 0.1) is 29.6 Å². The highest BCUT2D eigenvalue weighted by Gasteiger charge is 2.38. The highest BCUT2D eigenvalue weighted by atomic mass is 19.4. The third kappa shape index (κ3) is 8.46. The lowest BCUT2D eigenvalue weighted by Gasteiger charge is -2.35. The van der Waals surface area contributed by atoms with Crippen LogP contribution in [0.3, 0.4) is 0 Å². The average Bonchev–Trinajstić information content (AvgIpc) is 3.37. The number of aromatic nitrogens is 3. The molecule has 3 aromatic rings. The number of urea groups is 1. The number of carboxylic acid groups (broad SMARTS) is 1. The second kappa shape index (κ2) is 13.9. The van der Waals surface area contributed by atoms with Crippen LogP contribution in [0.15, 0.2) is 36.8 Å². The molecule has 42 heavy (non-hydrogen) atoms. The first-order chi connectivity index (χ1) is 19.8. The minimum atomic E-state index is -5.08. The van der Waals surface area contributed by atoms with E-state index in [2.05, 4.69) is 40.2 Å². The van der Waals surface area contributed by atoms with Gasteiger partial charge in [-0.15, -0.1) is 0 Å². The standard InChI is InChI=1S/C25H31N7O3.C2HF3O2/c1-17(2)12-28-25(34)31-8-6-30(7-9-31)23-5-4-19(13-27-23)22-10-21(35-16-18(3)33)15-32-24(22)20(11-26)14-29-32;3-2(4,5)1(6)7/h4-5,10,13-15,17-18,33H,6-9,12,16H2,1-3H3,(H,28,34);(H,6,7)/t18-;/m1./s1. The number of aliphatic carboxylic acids is 1. The van der Waals surface area contributed by atoms with Gasteiger partial charge < -0.3 is 30.1 Å². The molecule has 0 unspecified atom stereocenters. The van der Waals surface area contributed by atoms with Gasteiger partial charge in [0.15, 0.2) is 0 Å². The fourth-order valence-corrected chi connectivity index (χ4v) is 3.97. The molecule has 12 nitrogen and oxygen atoms in total. The second-order valence-electron chi connectivity index (χ2n) is 9.97. The fraction of sp³-hybridized carbons (Fsp3) is 0.444. The highest BCUT2D eigenvalue weighted by Crippen LogP contribution is 2.31. The van der Waals surface area contributed by atoms with Crippen molar-refractivity contribution in [2.24, 2.45) is 5.92 Å². The SMILES string of the molecule is CC(C)CNC(=O)N1CCN(c2ccc(-c3cc(OC[C@@H](C)O)cn4ncc(C#N)c34)cn2)CC1.O=C(O)C(F)(F)F. The number of nitriles is 1. The number of amides is 2. The van der Waals surface area contributed by atoms with Crippen molar-refractivity contribution in [3.63, 3.8) is 0 Å². The van der Waals surface area contributed by atoms with Gasteiger partial charge in [-0.05, 0) is 31.0 Å². The van der Waals surface area contributed by atoms with Gasteiger partial charge in [0.2, 0.25) is 0 Å². The van der Waals surface area contributed by atoms with E-state index in [1.54, 1.807) is 23.8 Å². The molecule has 4 heterocycles. The lowest BCUT2D eigenvalue weighted by atomic mass is 10.1. The molecule has 226 valence electrons. The molecule has 1 aliphatic rings. The van der Waals surface area contributed by atoms with Gasteiger partial charge in [-0.1, -0.05) is 13.8 Å². The summed E-state index contributed by atoms with van der Waals surface area (Å²) in [6.07, 6.45) is -0.695. The maximum absolute atomic E-state index is 12.3. The maximum atomic E-state index is 12.3. The van der Waals surface area contributed by atoms with Crippen LogP contribution in [0.25, 0.3) is 16.6 Å². The van der Waals surface area contributed by atoms with Crippen molar-refractivity contribution in [1.82, 2.24) is 24.8 Å². The smallest absolute Gasteiger partial charge is 0.489 e. The van der Waals surface area contributed by atoms with E-state index in [1.165, 1.54) is 6.20 Å². The molecule has 1 aliphatic heterocycles. The van der Waals surface area contributed by atoms with E-state index in [4.69, 9.17) is 14.6 Å². The summed E-state index contributed by atoms with van der Waals surface area (Å²) in [6, 6.07) is 7.93. The monoisotopic (exact) mass is 591 g/mol. The second-order valence-corrected chi connectivity index (χ2v) is 9.97. The lowest BCUT2D eigenvalue weighted by molar-refractivity contribution is -0.192. The molecule has 1 saturated heterocycles. The molecule has 0 aliphatic carbocycles. The Labute approximate surface area is 239 Å². The number of carbonyl (C=O) groups excluding carboxylic acids is 1. The number of carboxylic acids is 1. The number of nitrogens with zero attached hydrogens (tertiary/aromatic N) is 6. The van der Waals surface area contributed by atoms with Crippen LogP contribution in [0.2, 0.25) is 0 Å². The predicted molar refractivity (Wildman–Crippen MR) is 146 cm³/mol.